The van der Waals surface area contributed by atoms with Gasteiger partial charge in [0.2, 0.25) is 0 Å². The third-order valence-corrected chi connectivity index (χ3v) is 4.94. The standard InChI is InChI=1S/C22H22F2N6O3/c1-2-32-20-4-16(24)9-29-21(20)33-19-5-18(11-26-12-19)30(17-3-15(23)8-25-10-17)22(31)14-6-27-13-28-7-14/h4-7,9,11-13,15,17,25H,2-3,8,10H2,1H3/t15-,17-/m0/s1. The number of halogens is 2. The average molecular weight is 456 g/mol. The lowest BCUT2D eigenvalue weighted by molar-refractivity contribution is 0.0964. The van der Waals surface area contributed by atoms with Crippen LogP contribution in [-0.4, -0.2) is 57.8 Å². The predicted octanol–water partition coefficient (Wildman–Crippen LogP) is 2.94. The minimum absolute atomic E-state index is 0.0506. The van der Waals surface area contributed by atoms with Crippen LogP contribution in [0.1, 0.15) is 23.7 Å². The van der Waals surface area contributed by atoms with Crippen LogP contribution in [0.5, 0.6) is 17.4 Å². The first-order valence-electron chi connectivity index (χ1n) is 10.4. The molecule has 1 fully saturated rings. The first kappa shape index (κ1) is 22.5. The van der Waals surface area contributed by atoms with Gasteiger partial charge in [-0.2, -0.15) is 0 Å². The number of aromatic nitrogens is 4. The maximum absolute atomic E-state index is 14.2. The van der Waals surface area contributed by atoms with E-state index in [9.17, 15) is 13.6 Å². The maximum Gasteiger partial charge on any atom is 0.262 e. The summed E-state index contributed by atoms with van der Waals surface area (Å²) in [5.74, 6) is -0.533. The van der Waals surface area contributed by atoms with Gasteiger partial charge in [-0.3, -0.25) is 9.78 Å². The summed E-state index contributed by atoms with van der Waals surface area (Å²) in [5, 5.41) is 3.01. The van der Waals surface area contributed by atoms with Gasteiger partial charge in [0.25, 0.3) is 11.8 Å². The molecule has 11 heteroatoms. The molecule has 1 aliphatic rings. The molecule has 0 spiro atoms. The number of nitrogens with zero attached hydrogens (tertiary/aromatic N) is 5. The Labute approximate surface area is 188 Å². The van der Waals surface area contributed by atoms with E-state index >= 15 is 0 Å². The number of alkyl halides is 1. The van der Waals surface area contributed by atoms with Crippen molar-refractivity contribution in [2.75, 3.05) is 24.6 Å². The average Bonchev–Trinajstić information content (AvgIpc) is 2.82. The number of piperidine rings is 1. The third-order valence-electron chi connectivity index (χ3n) is 4.94. The van der Waals surface area contributed by atoms with Gasteiger partial charge >= 0.3 is 0 Å². The van der Waals surface area contributed by atoms with E-state index in [4.69, 9.17) is 9.47 Å². The minimum atomic E-state index is -1.10. The van der Waals surface area contributed by atoms with Crippen molar-refractivity contribution in [2.45, 2.75) is 25.6 Å². The maximum atomic E-state index is 14.2. The quantitative estimate of drug-likeness (QED) is 0.579. The molecule has 4 heterocycles. The second-order valence-corrected chi connectivity index (χ2v) is 7.32. The van der Waals surface area contributed by atoms with E-state index in [0.717, 1.165) is 6.20 Å². The number of hydrogen-bond acceptors (Lipinski definition) is 8. The van der Waals surface area contributed by atoms with Crippen LogP contribution in [0.4, 0.5) is 14.5 Å². The lowest BCUT2D eigenvalue weighted by atomic mass is 10.0. The van der Waals surface area contributed by atoms with Gasteiger partial charge in [-0.1, -0.05) is 0 Å². The highest BCUT2D eigenvalue weighted by Gasteiger charge is 2.32. The highest BCUT2D eigenvalue weighted by atomic mass is 19.1. The Bertz CT molecular complexity index is 1100. The van der Waals surface area contributed by atoms with E-state index in [0.29, 0.717) is 18.8 Å². The molecule has 0 aromatic carbocycles. The molecule has 0 saturated carbocycles. The molecule has 1 N–H and O–H groups in total. The van der Waals surface area contributed by atoms with Crippen molar-refractivity contribution in [2.24, 2.45) is 0 Å². The van der Waals surface area contributed by atoms with Crippen LogP contribution in [0.2, 0.25) is 0 Å². The van der Waals surface area contributed by atoms with Crippen molar-refractivity contribution >= 4 is 11.6 Å². The first-order chi connectivity index (χ1) is 16.0. The molecule has 0 radical (unpaired) electrons. The van der Waals surface area contributed by atoms with Crippen molar-refractivity contribution in [3.05, 3.63) is 60.8 Å². The smallest absolute Gasteiger partial charge is 0.262 e. The zero-order valence-electron chi connectivity index (χ0n) is 17.8. The molecular weight excluding hydrogens is 434 g/mol. The van der Waals surface area contributed by atoms with Gasteiger partial charge in [-0.05, 0) is 6.92 Å². The summed E-state index contributed by atoms with van der Waals surface area (Å²) in [7, 11) is 0. The zero-order valence-corrected chi connectivity index (χ0v) is 17.8. The Morgan fingerprint density at radius 1 is 1.15 bits per heavy atom. The number of pyridine rings is 2. The van der Waals surface area contributed by atoms with E-state index in [1.165, 1.54) is 42.1 Å². The molecule has 33 heavy (non-hydrogen) atoms. The Morgan fingerprint density at radius 2 is 1.97 bits per heavy atom. The zero-order chi connectivity index (χ0) is 23.2. The van der Waals surface area contributed by atoms with E-state index in [-0.39, 0.29) is 35.9 Å². The summed E-state index contributed by atoms with van der Waals surface area (Å²) < 4.78 is 38.9. The van der Waals surface area contributed by atoms with Gasteiger partial charge in [0, 0.05) is 44.0 Å². The number of carbonyl (C=O) groups is 1. The molecule has 172 valence electrons. The molecule has 0 unspecified atom stereocenters. The van der Waals surface area contributed by atoms with E-state index in [2.05, 4.69) is 25.3 Å². The molecule has 1 amide bonds. The lowest BCUT2D eigenvalue weighted by Gasteiger charge is -2.35. The molecule has 3 aromatic rings. The molecule has 3 aromatic heterocycles. The second kappa shape index (κ2) is 10.3. The number of rotatable bonds is 7. The molecule has 0 bridgehead atoms. The van der Waals surface area contributed by atoms with Gasteiger partial charge < -0.3 is 19.7 Å². The van der Waals surface area contributed by atoms with Gasteiger partial charge in [0.05, 0.1) is 42.5 Å². The number of anilines is 1. The van der Waals surface area contributed by atoms with Gasteiger partial charge in [-0.25, -0.2) is 23.7 Å². The molecule has 1 saturated heterocycles. The van der Waals surface area contributed by atoms with Crippen LogP contribution in [0.3, 0.4) is 0 Å². The van der Waals surface area contributed by atoms with Crippen molar-refractivity contribution in [3.8, 4) is 17.4 Å². The van der Waals surface area contributed by atoms with Crippen LogP contribution >= 0.6 is 0 Å². The Balaban J connectivity index is 1.67. The predicted molar refractivity (Wildman–Crippen MR) is 115 cm³/mol. The molecule has 4 rings (SSSR count). The highest BCUT2D eigenvalue weighted by molar-refractivity contribution is 6.06. The highest BCUT2D eigenvalue weighted by Crippen LogP contribution is 2.32. The summed E-state index contributed by atoms with van der Waals surface area (Å²) in [5.41, 5.74) is 0.644. The molecule has 0 aliphatic carbocycles. The van der Waals surface area contributed by atoms with Crippen molar-refractivity contribution in [1.82, 2.24) is 25.3 Å². The minimum Gasteiger partial charge on any atom is -0.488 e. The summed E-state index contributed by atoms with van der Waals surface area (Å²) in [6.45, 7) is 2.67. The fraction of sp³-hybridized carbons (Fsp3) is 0.318. The topological polar surface area (TPSA) is 102 Å². The van der Waals surface area contributed by atoms with Crippen LogP contribution < -0.4 is 19.7 Å². The summed E-state index contributed by atoms with van der Waals surface area (Å²) >= 11 is 0. The number of nitrogens with one attached hydrogen (secondary N) is 1. The normalized spacial score (nSPS) is 17.9. The molecule has 1 aliphatic heterocycles. The van der Waals surface area contributed by atoms with E-state index in [1.807, 2.05) is 0 Å². The molecule has 2 atom stereocenters. The van der Waals surface area contributed by atoms with Crippen LogP contribution in [0.15, 0.2) is 49.4 Å². The Kier molecular flexibility index (Phi) is 6.98. The Morgan fingerprint density at radius 3 is 2.73 bits per heavy atom. The van der Waals surface area contributed by atoms with E-state index in [1.54, 1.807) is 13.0 Å². The first-order valence-corrected chi connectivity index (χ1v) is 10.4. The van der Waals surface area contributed by atoms with Gasteiger partial charge in [0.1, 0.15) is 24.1 Å². The van der Waals surface area contributed by atoms with Crippen LogP contribution in [0.25, 0.3) is 0 Å². The summed E-state index contributed by atoms with van der Waals surface area (Å²) in [6, 6.07) is 2.28. The number of hydrogen-bond donors (Lipinski definition) is 1. The lowest BCUT2D eigenvalue weighted by Crippen LogP contribution is -2.52. The fourth-order valence-electron chi connectivity index (χ4n) is 3.56. The van der Waals surface area contributed by atoms with Gasteiger partial charge in [0.15, 0.2) is 5.75 Å². The van der Waals surface area contributed by atoms with Crippen molar-refractivity contribution < 1.29 is 23.0 Å². The molecular formula is C22H22F2N6O3. The van der Waals surface area contributed by atoms with Crippen molar-refractivity contribution in [1.29, 1.82) is 0 Å². The Hall–Kier alpha value is -3.73. The van der Waals surface area contributed by atoms with Crippen LogP contribution in [0, 0.1) is 5.82 Å². The molecule has 9 nitrogen and oxygen atoms in total. The third kappa shape index (κ3) is 5.37. The summed E-state index contributed by atoms with van der Waals surface area (Å²) in [6.07, 6.45) is 7.10. The number of ether oxygens (including phenoxy) is 2. The van der Waals surface area contributed by atoms with Crippen molar-refractivity contribution in [3.63, 3.8) is 0 Å². The summed E-state index contributed by atoms with van der Waals surface area (Å²) in [4.78, 5) is 30.7. The largest absolute Gasteiger partial charge is 0.488 e. The van der Waals surface area contributed by atoms with E-state index < -0.39 is 23.9 Å². The number of carbonyl (C=O) groups excluding carboxylic acids is 1. The fourth-order valence-corrected chi connectivity index (χ4v) is 3.56. The second-order valence-electron chi connectivity index (χ2n) is 7.32. The SMILES string of the molecule is CCOc1cc(F)cnc1Oc1cncc(N(C(=O)c2cncnc2)[C@@H]2CNC[C@@H](F)C2)c1. The van der Waals surface area contributed by atoms with Gasteiger partial charge in [-0.15, -0.1) is 0 Å². The van der Waals surface area contributed by atoms with Crippen LogP contribution in [-0.2, 0) is 0 Å². The number of amides is 1. The monoisotopic (exact) mass is 456 g/mol.